The van der Waals surface area contributed by atoms with Crippen molar-refractivity contribution in [3.8, 4) is 0 Å². The van der Waals surface area contributed by atoms with E-state index < -0.39 is 0 Å². The SMILES string of the molecule is CCCCCC(C)(C)CNCc1csc(CCN)n1. The lowest BCUT2D eigenvalue weighted by atomic mass is 9.87. The van der Waals surface area contributed by atoms with Crippen molar-refractivity contribution >= 4 is 11.3 Å². The summed E-state index contributed by atoms with van der Waals surface area (Å²) in [6, 6.07) is 0. The van der Waals surface area contributed by atoms with Gasteiger partial charge in [0.15, 0.2) is 0 Å². The van der Waals surface area contributed by atoms with Crippen LogP contribution in [0, 0.1) is 5.41 Å². The summed E-state index contributed by atoms with van der Waals surface area (Å²) in [6.07, 6.45) is 6.17. The topological polar surface area (TPSA) is 50.9 Å². The van der Waals surface area contributed by atoms with E-state index in [2.05, 4.69) is 36.5 Å². The van der Waals surface area contributed by atoms with E-state index >= 15 is 0 Å². The maximum Gasteiger partial charge on any atom is 0.0941 e. The summed E-state index contributed by atoms with van der Waals surface area (Å²) < 4.78 is 0. The van der Waals surface area contributed by atoms with Gasteiger partial charge in [0, 0.05) is 24.9 Å². The van der Waals surface area contributed by atoms with E-state index in [4.69, 9.17) is 5.73 Å². The van der Waals surface area contributed by atoms with Crippen molar-refractivity contribution in [2.24, 2.45) is 11.1 Å². The van der Waals surface area contributed by atoms with Crippen LogP contribution in [0.25, 0.3) is 0 Å². The predicted octanol–water partition coefficient (Wildman–Crippen LogP) is 3.34. The van der Waals surface area contributed by atoms with Crippen molar-refractivity contribution < 1.29 is 0 Å². The maximum atomic E-state index is 5.54. The zero-order valence-corrected chi connectivity index (χ0v) is 13.5. The summed E-state index contributed by atoms with van der Waals surface area (Å²) >= 11 is 1.72. The van der Waals surface area contributed by atoms with Crippen molar-refractivity contribution in [3.05, 3.63) is 16.1 Å². The molecule has 0 aromatic carbocycles. The van der Waals surface area contributed by atoms with Crippen LogP contribution < -0.4 is 11.1 Å². The lowest BCUT2D eigenvalue weighted by Gasteiger charge is -2.24. The molecule has 1 aromatic rings. The molecular formula is C15H29N3S. The van der Waals surface area contributed by atoms with E-state index in [0.29, 0.717) is 12.0 Å². The van der Waals surface area contributed by atoms with Crippen LogP contribution in [0.2, 0.25) is 0 Å². The minimum Gasteiger partial charge on any atom is -0.330 e. The molecule has 1 rings (SSSR count). The molecule has 4 heteroatoms. The minimum atomic E-state index is 0.380. The van der Waals surface area contributed by atoms with Gasteiger partial charge in [-0.2, -0.15) is 0 Å². The van der Waals surface area contributed by atoms with Gasteiger partial charge in [0.25, 0.3) is 0 Å². The van der Waals surface area contributed by atoms with E-state index in [-0.39, 0.29) is 0 Å². The Kier molecular flexibility index (Phi) is 7.57. The molecule has 19 heavy (non-hydrogen) atoms. The number of nitrogens with two attached hydrogens (primary N) is 1. The second kappa shape index (κ2) is 8.67. The van der Waals surface area contributed by atoms with Gasteiger partial charge in [-0.1, -0.05) is 40.0 Å². The third kappa shape index (κ3) is 7.04. The Morgan fingerprint density at radius 3 is 2.84 bits per heavy atom. The highest BCUT2D eigenvalue weighted by molar-refractivity contribution is 7.09. The summed E-state index contributed by atoms with van der Waals surface area (Å²) in [4.78, 5) is 4.57. The molecule has 0 aliphatic heterocycles. The highest BCUT2D eigenvalue weighted by atomic mass is 32.1. The molecule has 0 bridgehead atoms. The number of thiazole rings is 1. The third-order valence-electron chi connectivity index (χ3n) is 3.32. The van der Waals surface area contributed by atoms with Gasteiger partial charge in [0.05, 0.1) is 10.7 Å². The third-order valence-corrected chi connectivity index (χ3v) is 4.28. The quantitative estimate of drug-likeness (QED) is 0.648. The van der Waals surface area contributed by atoms with E-state index in [1.165, 1.54) is 25.7 Å². The summed E-state index contributed by atoms with van der Waals surface area (Å²) in [6.45, 7) is 9.56. The second-order valence-corrected chi connectivity index (χ2v) is 6.94. The molecule has 1 aromatic heterocycles. The lowest BCUT2D eigenvalue weighted by Crippen LogP contribution is -2.29. The number of hydrogen-bond donors (Lipinski definition) is 2. The largest absolute Gasteiger partial charge is 0.330 e. The van der Waals surface area contributed by atoms with Crippen LogP contribution in [0.3, 0.4) is 0 Å². The summed E-state index contributed by atoms with van der Waals surface area (Å²) in [7, 11) is 0. The zero-order chi connectivity index (χ0) is 14.1. The number of nitrogens with one attached hydrogen (secondary N) is 1. The van der Waals surface area contributed by atoms with Crippen LogP contribution in [0.1, 0.15) is 57.2 Å². The van der Waals surface area contributed by atoms with Gasteiger partial charge < -0.3 is 11.1 Å². The van der Waals surface area contributed by atoms with Gasteiger partial charge in [-0.25, -0.2) is 4.98 Å². The fourth-order valence-electron chi connectivity index (χ4n) is 2.14. The average Bonchev–Trinajstić information content (AvgIpc) is 2.77. The molecule has 3 nitrogen and oxygen atoms in total. The molecule has 0 unspecified atom stereocenters. The Labute approximate surface area is 122 Å². The van der Waals surface area contributed by atoms with E-state index in [1.807, 2.05) is 0 Å². The maximum absolute atomic E-state index is 5.54. The van der Waals surface area contributed by atoms with Gasteiger partial charge in [-0.05, 0) is 18.4 Å². The highest BCUT2D eigenvalue weighted by Gasteiger charge is 2.16. The molecule has 0 saturated heterocycles. The first-order valence-electron chi connectivity index (χ1n) is 7.41. The molecule has 0 aliphatic carbocycles. The fraction of sp³-hybridized carbons (Fsp3) is 0.800. The Hall–Kier alpha value is -0.450. The van der Waals surface area contributed by atoms with Crippen molar-refractivity contribution in [3.63, 3.8) is 0 Å². The van der Waals surface area contributed by atoms with Crippen LogP contribution in [-0.2, 0) is 13.0 Å². The number of unbranched alkanes of at least 4 members (excludes halogenated alkanes) is 2. The zero-order valence-electron chi connectivity index (χ0n) is 12.7. The van der Waals surface area contributed by atoms with Gasteiger partial charge in [0.2, 0.25) is 0 Å². The Balaban J connectivity index is 2.24. The molecule has 0 fully saturated rings. The molecule has 0 amide bonds. The number of nitrogens with zero attached hydrogens (tertiary/aromatic N) is 1. The van der Waals surface area contributed by atoms with E-state index in [1.54, 1.807) is 11.3 Å². The van der Waals surface area contributed by atoms with Crippen LogP contribution in [0.15, 0.2) is 5.38 Å². The molecule has 110 valence electrons. The number of aromatic nitrogens is 1. The van der Waals surface area contributed by atoms with Crippen LogP contribution in [-0.4, -0.2) is 18.1 Å². The molecule has 0 aliphatic rings. The predicted molar refractivity (Wildman–Crippen MR) is 84.5 cm³/mol. The lowest BCUT2D eigenvalue weighted by molar-refractivity contribution is 0.301. The van der Waals surface area contributed by atoms with E-state index in [0.717, 1.165) is 30.2 Å². The van der Waals surface area contributed by atoms with Crippen molar-refractivity contribution in [2.75, 3.05) is 13.1 Å². The molecule has 0 spiro atoms. The molecule has 0 atom stereocenters. The number of hydrogen-bond acceptors (Lipinski definition) is 4. The van der Waals surface area contributed by atoms with Crippen LogP contribution in [0.5, 0.6) is 0 Å². The average molecular weight is 283 g/mol. The van der Waals surface area contributed by atoms with Crippen LogP contribution >= 0.6 is 11.3 Å². The van der Waals surface area contributed by atoms with Gasteiger partial charge in [-0.15, -0.1) is 11.3 Å². The molecule has 1 heterocycles. The summed E-state index contributed by atoms with van der Waals surface area (Å²) in [5, 5.41) is 6.83. The molecule has 0 saturated carbocycles. The Morgan fingerprint density at radius 1 is 1.37 bits per heavy atom. The van der Waals surface area contributed by atoms with Crippen LogP contribution in [0.4, 0.5) is 0 Å². The first-order chi connectivity index (χ1) is 9.07. The monoisotopic (exact) mass is 283 g/mol. The normalized spacial score (nSPS) is 12.0. The first-order valence-corrected chi connectivity index (χ1v) is 8.29. The summed E-state index contributed by atoms with van der Waals surface area (Å²) in [5.74, 6) is 0. The second-order valence-electron chi connectivity index (χ2n) is 6.00. The Morgan fingerprint density at radius 2 is 2.16 bits per heavy atom. The van der Waals surface area contributed by atoms with Gasteiger partial charge in [-0.3, -0.25) is 0 Å². The molecular weight excluding hydrogens is 254 g/mol. The smallest absolute Gasteiger partial charge is 0.0941 e. The Bertz CT molecular complexity index is 347. The summed E-state index contributed by atoms with van der Waals surface area (Å²) in [5.41, 5.74) is 7.07. The fourth-order valence-corrected chi connectivity index (χ4v) is 2.95. The van der Waals surface area contributed by atoms with Gasteiger partial charge >= 0.3 is 0 Å². The standard InChI is InChI=1S/C15H29N3S/c1-4-5-6-8-15(2,3)12-17-10-13-11-19-14(18-13)7-9-16/h11,17H,4-10,12,16H2,1-3H3. The van der Waals surface area contributed by atoms with Crippen molar-refractivity contribution in [2.45, 2.75) is 59.4 Å². The van der Waals surface area contributed by atoms with Crippen molar-refractivity contribution in [1.82, 2.24) is 10.3 Å². The molecule has 3 N–H and O–H groups in total. The van der Waals surface area contributed by atoms with E-state index in [9.17, 15) is 0 Å². The minimum absolute atomic E-state index is 0.380. The highest BCUT2D eigenvalue weighted by Crippen LogP contribution is 2.22. The molecule has 0 radical (unpaired) electrons. The van der Waals surface area contributed by atoms with Crippen molar-refractivity contribution in [1.29, 1.82) is 0 Å². The number of rotatable bonds is 10. The van der Waals surface area contributed by atoms with Gasteiger partial charge in [0.1, 0.15) is 0 Å². The first kappa shape index (κ1) is 16.6.